The third-order valence-electron chi connectivity index (χ3n) is 7.21. The van der Waals surface area contributed by atoms with E-state index < -0.39 is 35.1 Å². The average Bonchev–Trinajstić information content (AvgIpc) is 3.46. The van der Waals surface area contributed by atoms with Gasteiger partial charge in [-0.05, 0) is 30.0 Å². The van der Waals surface area contributed by atoms with Crippen LogP contribution in [0.2, 0.25) is 0 Å². The van der Waals surface area contributed by atoms with Gasteiger partial charge in [-0.25, -0.2) is 4.98 Å². The number of nitrogens with zero attached hydrogens (tertiary/aromatic N) is 3. The van der Waals surface area contributed by atoms with Crippen molar-refractivity contribution in [3.63, 3.8) is 0 Å². The zero-order chi connectivity index (χ0) is 32.1. The summed E-state index contributed by atoms with van der Waals surface area (Å²) in [7, 11) is 1.60. The first kappa shape index (κ1) is 33.4. The number of aromatic nitrogens is 3. The van der Waals surface area contributed by atoms with E-state index in [1.54, 1.807) is 19.2 Å². The molecule has 13 heteroatoms. The van der Waals surface area contributed by atoms with Crippen molar-refractivity contribution in [1.82, 2.24) is 30.1 Å². The van der Waals surface area contributed by atoms with Crippen LogP contribution in [-0.4, -0.2) is 56.1 Å². The summed E-state index contributed by atoms with van der Waals surface area (Å²) in [6, 6.07) is 10.7. The molecule has 13 nitrogen and oxygen atoms in total. The zero-order valence-corrected chi connectivity index (χ0v) is 25.2. The molecular formula is C31H39N7O6. The summed E-state index contributed by atoms with van der Waals surface area (Å²) in [4.78, 5) is 80.7. The van der Waals surface area contributed by atoms with E-state index in [9.17, 15) is 28.8 Å². The lowest BCUT2D eigenvalue weighted by Gasteiger charge is -2.19. The Morgan fingerprint density at radius 3 is 2.34 bits per heavy atom. The molecule has 3 aromatic rings. The molecule has 234 valence electrons. The molecule has 0 saturated heterocycles. The third-order valence-corrected chi connectivity index (χ3v) is 7.21. The van der Waals surface area contributed by atoms with Gasteiger partial charge in [0.1, 0.15) is 24.0 Å². The molecule has 2 aromatic heterocycles. The van der Waals surface area contributed by atoms with Gasteiger partial charge < -0.3 is 30.4 Å². The van der Waals surface area contributed by atoms with Crippen molar-refractivity contribution in [3.05, 3.63) is 82.8 Å². The summed E-state index contributed by atoms with van der Waals surface area (Å²) in [6.07, 6.45) is 5.44. The Morgan fingerprint density at radius 2 is 1.68 bits per heavy atom. The number of nitrogens with one attached hydrogen (secondary N) is 4. The fraction of sp³-hybridized carbons (Fsp3) is 0.387. The van der Waals surface area contributed by atoms with Crippen LogP contribution in [0, 0.1) is 5.92 Å². The number of amides is 4. The zero-order valence-electron chi connectivity index (χ0n) is 25.2. The third kappa shape index (κ3) is 9.75. The number of hydrogen-bond acceptors (Lipinski definition) is 7. The van der Waals surface area contributed by atoms with Gasteiger partial charge in [-0.1, -0.05) is 57.0 Å². The predicted molar refractivity (Wildman–Crippen MR) is 163 cm³/mol. The summed E-state index contributed by atoms with van der Waals surface area (Å²) in [6.45, 7) is 4.50. The van der Waals surface area contributed by atoms with Crippen LogP contribution in [0.25, 0.3) is 0 Å². The monoisotopic (exact) mass is 605 g/mol. The van der Waals surface area contributed by atoms with E-state index in [4.69, 9.17) is 0 Å². The predicted octanol–water partition coefficient (Wildman–Crippen LogP) is 1.54. The molecule has 0 aliphatic heterocycles. The normalized spacial score (nSPS) is 11.5. The van der Waals surface area contributed by atoms with Crippen LogP contribution >= 0.6 is 0 Å². The molecule has 3 rings (SSSR count). The topological polar surface area (TPSA) is 173 Å². The Hall–Kier alpha value is -5.07. The first-order valence-electron chi connectivity index (χ1n) is 14.5. The molecule has 2 heterocycles. The van der Waals surface area contributed by atoms with Gasteiger partial charge in [-0.15, -0.1) is 0 Å². The second-order valence-electron chi connectivity index (χ2n) is 10.4. The van der Waals surface area contributed by atoms with Crippen molar-refractivity contribution >= 4 is 35.1 Å². The Bertz CT molecular complexity index is 1510. The van der Waals surface area contributed by atoms with E-state index in [-0.39, 0.29) is 43.2 Å². The van der Waals surface area contributed by atoms with Gasteiger partial charge in [0.05, 0.1) is 12.5 Å². The molecule has 0 fully saturated rings. The number of pyridine rings is 1. The van der Waals surface area contributed by atoms with E-state index in [0.29, 0.717) is 12.5 Å². The Morgan fingerprint density at radius 1 is 0.955 bits per heavy atom. The molecule has 0 radical (unpaired) electrons. The lowest BCUT2D eigenvalue weighted by Crippen LogP contribution is -2.45. The molecule has 4 N–H and O–H groups in total. The fourth-order valence-corrected chi connectivity index (χ4v) is 4.37. The van der Waals surface area contributed by atoms with Crippen molar-refractivity contribution in [2.24, 2.45) is 13.0 Å². The van der Waals surface area contributed by atoms with E-state index >= 15 is 0 Å². The summed E-state index contributed by atoms with van der Waals surface area (Å²) >= 11 is 0. The smallest absolute Gasteiger partial charge is 0.287 e. The molecule has 0 saturated carbocycles. The molecule has 0 unspecified atom stereocenters. The molecule has 0 bridgehead atoms. The first-order valence-corrected chi connectivity index (χ1v) is 14.5. The maximum Gasteiger partial charge on any atom is 0.287 e. The number of benzene rings is 1. The summed E-state index contributed by atoms with van der Waals surface area (Å²) in [5, 5.41) is 10.4. The maximum absolute atomic E-state index is 13.3. The van der Waals surface area contributed by atoms with Crippen LogP contribution < -0.4 is 26.8 Å². The van der Waals surface area contributed by atoms with E-state index in [0.717, 1.165) is 18.4 Å². The Balaban J connectivity index is 1.69. The average molecular weight is 606 g/mol. The van der Waals surface area contributed by atoms with Crippen LogP contribution in [0.1, 0.15) is 55.6 Å². The van der Waals surface area contributed by atoms with Crippen LogP contribution in [0.5, 0.6) is 0 Å². The summed E-state index contributed by atoms with van der Waals surface area (Å²) in [5.74, 6) is -3.00. The number of carbonyl (C=O) groups excluding carboxylic acids is 5. The van der Waals surface area contributed by atoms with Gasteiger partial charge in [0.25, 0.3) is 17.4 Å². The molecular weight excluding hydrogens is 566 g/mol. The van der Waals surface area contributed by atoms with Crippen LogP contribution in [0.4, 0.5) is 5.69 Å². The number of Topliss-reactive ketones (excluding diaryl/α,β-unsaturated/α-hetero) is 1. The maximum atomic E-state index is 13.3. The molecule has 0 aliphatic rings. The highest BCUT2D eigenvalue weighted by atomic mass is 16.2. The molecule has 44 heavy (non-hydrogen) atoms. The van der Waals surface area contributed by atoms with E-state index in [1.165, 1.54) is 40.0 Å². The minimum atomic E-state index is -1.28. The number of anilines is 1. The lowest BCUT2D eigenvalue weighted by atomic mass is 10.0. The van der Waals surface area contributed by atoms with Crippen molar-refractivity contribution in [2.45, 2.75) is 58.7 Å². The van der Waals surface area contributed by atoms with Gasteiger partial charge in [0, 0.05) is 32.8 Å². The van der Waals surface area contributed by atoms with Crippen LogP contribution in [0.3, 0.4) is 0 Å². The Labute approximate surface area is 255 Å². The summed E-state index contributed by atoms with van der Waals surface area (Å²) in [5.41, 5.74) is 0.242. The molecule has 0 spiro atoms. The molecule has 1 aromatic carbocycles. The first-order chi connectivity index (χ1) is 21.1. The highest BCUT2D eigenvalue weighted by molar-refractivity contribution is 6.36. The largest absolute Gasteiger partial charge is 0.354 e. The number of rotatable bonds is 16. The van der Waals surface area contributed by atoms with Crippen molar-refractivity contribution in [1.29, 1.82) is 0 Å². The fourth-order valence-electron chi connectivity index (χ4n) is 4.37. The Kier molecular flexibility index (Phi) is 12.6. The van der Waals surface area contributed by atoms with Gasteiger partial charge in [-0.2, -0.15) is 0 Å². The van der Waals surface area contributed by atoms with E-state index in [1.807, 2.05) is 32.0 Å². The number of ketones is 1. The van der Waals surface area contributed by atoms with Gasteiger partial charge in [0.2, 0.25) is 17.6 Å². The van der Waals surface area contributed by atoms with Crippen LogP contribution in [-0.2, 0) is 39.3 Å². The van der Waals surface area contributed by atoms with Gasteiger partial charge >= 0.3 is 0 Å². The van der Waals surface area contributed by atoms with Crippen LogP contribution in [0.15, 0.2) is 66.0 Å². The summed E-state index contributed by atoms with van der Waals surface area (Å²) < 4.78 is 2.62. The standard InChI is InChI=1S/C31H39N7O6/c1-4-21(5-2)16-33-27(40)19-38-15-9-12-24(31(38)44)36-28(41)23(35-29(42)25-18-32-20-37(25)3)13-14-26(39)30(43)34-17-22-10-7-6-8-11-22/h6-12,15,18,20-21,23H,4-5,13-14,16-17,19H2,1-3H3,(H,33,40)(H,34,43)(H,35,42)(H,36,41)/t23-/m0/s1. The quantitative estimate of drug-likeness (QED) is 0.179. The molecule has 0 aliphatic carbocycles. The number of hydrogen-bond donors (Lipinski definition) is 4. The highest BCUT2D eigenvalue weighted by Gasteiger charge is 2.26. The minimum absolute atomic E-state index is 0.114. The minimum Gasteiger partial charge on any atom is -0.354 e. The SMILES string of the molecule is CCC(CC)CNC(=O)Cn1cccc(NC(=O)[C@H](CCC(=O)C(=O)NCc2ccccc2)NC(=O)c2cncn2C)c1=O. The van der Waals surface area contributed by atoms with Crippen molar-refractivity contribution in [2.75, 3.05) is 11.9 Å². The number of imidazole rings is 1. The number of carbonyl (C=O) groups is 5. The molecule has 1 atom stereocenters. The number of aryl methyl sites for hydroxylation is 1. The highest BCUT2D eigenvalue weighted by Crippen LogP contribution is 2.08. The van der Waals surface area contributed by atoms with Gasteiger partial charge in [0.15, 0.2) is 0 Å². The van der Waals surface area contributed by atoms with Crippen molar-refractivity contribution < 1.29 is 24.0 Å². The van der Waals surface area contributed by atoms with Crippen molar-refractivity contribution in [3.8, 4) is 0 Å². The lowest BCUT2D eigenvalue weighted by molar-refractivity contribution is -0.138. The van der Waals surface area contributed by atoms with Gasteiger partial charge in [-0.3, -0.25) is 28.8 Å². The second-order valence-corrected chi connectivity index (χ2v) is 10.4. The molecule has 4 amide bonds. The van der Waals surface area contributed by atoms with E-state index in [2.05, 4.69) is 26.3 Å². The second kappa shape index (κ2) is 16.5.